The molecule has 1 rings (SSSR count). The van der Waals surface area contributed by atoms with Gasteiger partial charge >= 0.3 is 5.97 Å². The van der Waals surface area contributed by atoms with Gasteiger partial charge in [-0.25, -0.2) is 0 Å². The fourth-order valence-corrected chi connectivity index (χ4v) is 1.79. The number of ketones is 1. The quantitative estimate of drug-likeness (QED) is 0.830. The molecule has 4 nitrogen and oxygen atoms in total. The third kappa shape index (κ3) is 4.09. The van der Waals surface area contributed by atoms with Gasteiger partial charge in [-0.15, -0.1) is 0 Å². The molecule has 0 atom stereocenters. The number of carboxylic acids is 1. The van der Waals surface area contributed by atoms with Crippen LogP contribution in [0.4, 0.5) is 0 Å². The molecule has 104 valence electrons. The monoisotopic (exact) mass is 264 g/mol. The van der Waals surface area contributed by atoms with Crippen LogP contribution in [-0.2, 0) is 11.2 Å². The molecule has 0 saturated heterocycles. The zero-order valence-corrected chi connectivity index (χ0v) is 11.8. The van der Waals surface area contributed by atoms with E-state index in [1.165, 1.54) is 7.11 Å². The SMILES string of the molecule is COc1ccc(C(=O)C(C)(C)C)cc1CCC(=O)O. The summed E-state index contributed by atoms with van der Waals surface area (Å²) in [6.45, 7) is 5.57. The number of rotatable bonds is 5. The number of methoxy groups -OCH3 is 1. The fraction of sp³-hybridized carbons (Fsp3) is 0.467. The Balaban J connectivity index is 3.07. The zero-order valence-electron chi connectivity index (χ0n) is 11.8. The van der Waals surface area contributed by atoms with E-state index in [9.17, 15) is 9.59 Å². The number of carbonyl (C=O) groups excluding carboxylic acids is 1. The Morgan fingerprint density at radius 3 is 2.37 bits per heavy atom. The summed E-state index contributed by atoms with van der Waals surface area (Å²) < 4.78 is 5.19. The number of aryl methyl sites for hydroxylation is 1. The highest BCUT2D eigenvalue weighted by atomic mass is 16.5. The second-order valence-corrected chi connectivity index (χ2v) is 5.50. The van der Waals surface area contributed by atoms with Gasteiger partial charge in [-0.1, -0.05) is 20.8 Å². The molecule has 0 aliphatic heterocycles. The second-order valence-electron chi connectivity index (χ2n) is 5.50. The molecule has 0 amide bonds. The highest BCUT2D eigenvalue weighted by molar-refractivity contribution is 6.00. The van der Waals surface area contributed by atoms with Gasteiger partial charge in [-0.3, -0.25) is 9.59 Å². The molecule has 0 saturated carbocycles. The number of Topliss-reactive ketones (excluding diaryl/α,β-unsaturated/α-hetero) is 1. The number of hydrogen-bond donors (Lipinski definition) is 1. The van der Waals surface area contributed by atoms with Crippen molar-refractivity contribution in [2.75, 3.05) is 7.11 Å². The van der Waals surface area contributed by atoms with Crippen LogP contribution in [0, 0.1) is 5.41 Å². The molecule has 0 fully saturated rings. The molecule has 1 aromatic carbocycles. The van der Waals surface area contributed by atoms with Crippen LogP contribution in [0.25, 0.3) is 0 Å². The molecule has 0 spiro atoms. The number of carbonyl (C=O) groups is 2. The molecule has 0 unspecified atom stereocenters. The third-order valence-electron chi connectivity index (χ3n) is 2.83. The van der Waals surface area contributed by atoms with Gasteiger partial charge in [0.15, 0.2) is 5.78 Å². The van der Waals surface area contributed by atoms with Crippen molar-refractivity contribution in [3.8, 4) is 5.75 Å². The Morgan fingerprint density at radius 2 is 1.89 bits per heavy atom. The lowest BCUT2D eigenvalue weighted by Crippen LogP contribution is -2.20. The Kier molecular flexibility index (Phi) is 4.70. The standard InChI is InChI=1S/C15H20O4/c1-15(2,3)14(18)11-5-7-12(19-4)10(9-11)6-8-13(16)17/h5,7,9H,6,8H2,1-4H3,(H,16,17). The van der Waals surface area contributed by atoms with Crippen molar-refractivity contribution < 1.29 is 19.4 Å². The number of hydrogen-bond acceptors (Lipinski definition) is 3. The minimum atomic E-state index is -0.866. The summed E-state index contributed by atoms with van der Waals surface area (Å²) in [4.78, 5) is 22.8. The molecule has 0 heterocycles. The van der Waals surface area contributed by atoms with Crippen LogP contribution >= 0.6 is 0 Å². The van der Waals surface area contributed by atoms with Gasteiger partial charge in [0.1, 0.15) is 5.75 Å². The van der Waals surface area contributed by atoms with Gasteiger partial charge < -0.3 is 9.84 Å². The van der Waals surface area contributed by atoms with Crippen molar-refractivity contribution in [3.63, 3.8) is 0 Å². The smallest absolute Gasteiger partial charge is 0.303 e. The molecule has 4 heteroatoms. The van der Waals surface area contributed by atoms with Crippen LogP contribution < -0.4 is 4.74 Å². The number of aliphatic carboxylic acids is 1. The lowest BCUT2D eigenvalue weighted by molar-refractivity contribution is -0.136. The Bertz CT molecular complexity index is 483. The summed E-state index contributed by atoms with van der Waals surface area (Å²) in [6.07, 6.45) is 0.368. The summed E-state index contributed by atoms with van der Waals surface area (Å²) in [6, 6.07) is 5.17. The van der Waals surface area contributed by atoms with Crippen LogP contribution in [0.15, 0.2) is 18.2 Å². The van der Waals surface area contributed by atoms with E-state index in [4.69, 9.17) is 9.84 Å². The molecule has 1 aromatic rings. The van der Waals surface area contributed by atoms with Crippen molar-refractivity contribution in [2.24, 2.45) is 5.41 Å². The summed E-state index contributed by atoms with van der Waals surface area (Å²) in [7, 11) is 1.53. The van der Waals surface area contributed by atoms with Gasteiger partial charge in [0, 0.05) is 17.4 Å². The van der Waals surface area contributed by atoms with E-state index in [1.807, 2.05) is 20.8 Å². The fourth-order valence-electron chi connectivity index (χ4n) is 1.79. The van der Waals surface area contributed by atoms with Crippen LogP contribution in [0.5, 0.6) is 5.75 Å². The number of ether oxygens (including phenoxy) is 1. The van der Waals surface area contributed by atoms with Crippen LogP contribution in [0.2, 0.25) is 0 Å². The van der Waals surface area contributed by atoms with E-state index in [0.29, 0.717) is 17.7 Å². The predicted molar refractivity (Wildman–Crippen MR) is 72.7 cm³/mol. The average Bonchev–Trinajstić information content (AvgIpc) is 2.33. The Hall–Kier alpha value is -1.84. The topological polar surface area (TPSA) is 63.6 Å². The molecule has 1 N–H and O–H groups in total. The average molecular weight is 264 g/mol. The van der Waals surface area contributed by atoms with Crippen LogP contribution in [0.3, 0.4) is 0 Å². The summed E-state index contributed by atoms with van der Waals surface area (Å²) >= 11 is 0. The van der Waals surface area contributed by atoms with Gasteiger partial charge in [0.2, 0.25) is 0 Å². The number of carboxylic acid groups (broad SMARTS) is 1. The maximum absolute atomic E-state index is 12.2. The normalized spacial score (nSPS) is 11.2. The van der Waals surface area contributed by atoms with Crippen molar-refractivity contribution >= 4 is 11.8 Å². The van der Waals surface area contributed by atoms with Crippen molar-refractivity contribution in [1.82, 2.24) is 0 Å². The molecule has 19 heavy (non-hydrogen) atoms. The van der Waals surface area contributed by atoms with E-state index in [-0.39, 0.29) is 12.2 Å². The molecule has 0 bridgehead atoms. The number of benzene rings is 1. The van der Waals surface area contributed by atoms with Crippen molar-refractivity contribution in [1.29, 1.82) is 0 Å². The first-order chi connectivity index (χ1) is 8.75. The van der Waals surface area contributed by atoms with Gasteiger partial charge in [-0.05, 0) is 30.2 Å². The van der Waals surface area contributed by atoms with E-state index >= 15 is 0 Å². The highest BCUT2D eigenvalue weighted by Gasteiger charge is 2.23. The van der Waals surface area contributed by atoms with E-state index in [0.717, 1.165) is 5.56 Å². The van der Waals surface area contributed by atoms with Crippen molar-refractivity contribution in [2.45, 2.75) is 33.6 Å². The molecule has 0 aliphatic rings. The molecular weight excluding hydrogens is 244 g/mol. The van der Waals surface area contributed by atoms with Crippen LogP contribution in [-0.4, -0.2) is 24.0 Å². The maximum Gasteiger partial charge on any atom is 0.303 e. The summed E-state index contributed by atoms with van der Waals surface area (Å²) in [5.41, 5.74) is 0.882. The van der Waals surface area contributed by atoms with E-state index in [2.05, 4.69) is 0 Å². The lowest BCUT2D eigenvalue weighted by atomic mass is 9.86. The second kappa shape index (κ2) is 5.87. The van der Waals surface area contributed by atoms with Gasteiger partial charge in [0.05, 0.1) is 7.11 Å². The first kappa shape index (κ1) is 15.2. The maximum atomic E-state index is 12.2. The zero-order chi connectivity index (χ0) is 14.6. The Labute approximate surface area is 113 Å². The predicted octanol–water partition coefficient (Wildman–Crippen LogP) is 2.94. The van der Waals surface area contributed by atoms with Crippen molar-refractivity contribution in [3.05, 3.63) is 29.3 Å². The van der Waals surface area contributed by atoms with Gasteiger partial charge in [-0.2, -0.15) is 0 Å². The molecular formula is C15H20O4. The molecule has 0 aliphatic carbocycles. The summed E-state index contributed by atoms with van der Waals surface area (Å²) in [5, 5.41) is 8.74. The minimum absolute atomic E-state index is 0.0174. The minimum Gasteiger partial charge on any atom is -0.496 e. The van der Waals surface area contributed by atoms with E-state index < -0.39 is 11.4 Å². The van der Waals surface area contributed by atoms with Gasteiger partial charge in [0.25, 0.3) is 0 Å². The molecule has 0 aromatic heterocycles. The first-order valence-electron chi connectivity index (χ1n) is 6.19. The Morgan fingerprint density at radius 1 is 1.26 bits per heavy atom. The molecule has 0 radical (unpaired) electrons. The largest absolute Gasteiger partial charge is 0.496 e. The summed E-state index contributed by atoms with van der Waals surface area (Å²) in [5.74, 6) is -0.215. The third-order valence-corrected chi connectivity index (χ3v) is 2.83. The highest BCUT2D eigenvalue weighted by Crippen LogP contribution is 2.26. The lowest BCUT2D eigenvalue weighted by Gasteiger charge is -2.18. The first-order valence-corrected chi connectivity index (χ1v) is 6.19. The van der Waals surface area contributed by atoms with Crippen LogP contribution in [0.1, 0.15) is 43.1 Å². The van der Waals surface area contributed by atoms with E-state index in [1.54, 1.807) is 18.2 Å².